The number of hydrogen-bond donors (Lipinski definition) is 2. The molecule has 0 bridgehead atoms. The summed E-state index contributed by atoms with van der Waals surface area (Å²) >= 11 is 1.54. The molecule has 2 aromatic rings. The van der Waals surface area contributed by atoms with Gasteiger partial charge in [0.1, 0.15) is 5.69 Å². The molecule has 1 aromatic carbocycles. The summed E-state index contributed by atoms with van der Waals surface area (Å²) < 4.78 is 0. The van der Waals surface area contributed by atoms with E-state index in [-0.39, 0.29) is 0 Å². The van der Waals surface area contributed by atoms with Crippen molar-refractivity contribution in [2.24, 2.45) is 9.98 Å². The van der Waals surface area contributed by atoms with Gasteiger partial charge in [0.15, 0.2) is 11.1 Å². The van der Waals surface area contributed by atoms with Crippen LogP contribution >= 0.6 is 11.3 Å². The van der Waals surface area contributed by atoms with Gasteiger partial charge in [-0.1, -0.05) is 24.1 Å². The van der Waals surface area contributed by atoms with Gasteiger partial charge in [-0.3, -0.25) is 9.98 Å². The van der Waals surface area contributed by atoms with Gasteiger partial charge < -0.3 is 10.6 Å². The second kappa shape index (κ2) is 8.45. The van der Waals surface area contributed by atoms with Crippen LogP contribution in [0.3, 0.4) is 0 Å². The number of guanidine groups is 1. The Hall–Kier alpha value is -2.91. The van der Waals surface area contributed by atoms with Crippen LogP contribution in [-0.4, -0.2) is 29.7 Å². The van der Waals surface area contributed by atoms with Crippen LogP contribution in [0.1, 0.15) is 37.1 Å². The topological polar surface area (TPSA) is 61.7 Å². The molecule has 2 heterocycles. The van der Waals surface area contributed by atoms with Crippen molar-refractivity contribution in [1.82, 2.24) is 10.3 Å². The second-order valence-corrected chi connectivity index (χ2v) is 6.62. The zero-order chi connectivity index (χ0) is 18.4. The SMILES string of the molecule is C#Cc1ccc(C(C)=N/C(=C\C)c2csc(NC3=NCCCN3)n2)cc1. The average molecular weight is 363 g/mol. The Morgan fingerprint density at radius 3 is 2.85 bits per heavy atom. The molecule has 0 atom stereocenters. The van der Waals surface area contributed by atoms with E-state index in [1.165, 1.54) is 11.3 Å². The molecule has 0 unspecified atom stereocenters. The molecule has 6 heteroatoms. The predicted octanol–water partition coefficient (Wildman–Crippen LogP) is 3.76. The minimum Gasteiger partial charge on any atom is -0.356 e. The Morgan fingerprint density at radius 1 is 1.38 bits per heavy atom. The van der Waals surface area contributed by atoms with E-state index in [0.29, 0.717) is 0 Å². The lowest BCUT2D eigenvalue weighted by atomic mass is 10.1. The summed E-state index contributed by atoms with van der Waals surface area (Å²) in [5.41, 5.74) is 4.50. The normalized spacial score (nSPS) is 15.0. The van der Waals surface area contributed by atoms with Crippen molar-refractivity contribution in [3.63, 3.8) is 0 Å². The van der Waals surface area contributed by atoms with Crippen molar-refractivity contribution in [3.05, 3.63) is 52.5 Å². The number of rotatable bonds is 4. The maximum Gasteiger partial charge on any atom is 0.197 e. The number of nitrogens with one attached hydrogen (secondary N) is 2. The van der Waals surface area contributed by atoms with Crippen LogP contribution in [0.2, 0.25) is 0 Å². The van der Waals surface area contributed by atoms with E-state index in [1.807, 2.05) is 49.6 Å². The van der Waals surface area contributed by atoms with Crippen molar-refractivity contribution in [3.8, 4) is 12.3 Å². The zero-order valence-electron chi connectivity index (χ0n) is 14.9. The second-order valence-electron chi connectivity index (χ2n) is 5.77. The van der Waals surface area contributed by atoms with E-state index in [1.54, 1.807) is 0 Å². The summed E-state index contributed by atoms with van der Waals surface area (Å²) in [5, 5.41) is 9.27. The van der Waals surface area contributed by atoms with E-state index in [4.69, 9.17) is 11.4 Å². The van der Waals surface area contributed by atoms with Crippen molar-refractivity contribution < 1.29 is 0 Å². The Kier molecular flexibility index (Phi) is 5.82. The van der Waals surface area contributed by atoms with Crippen LogP contribution < -0.4 is 10.6 Å². The first-order valence-corrected chi connectivity index (χ1v) is 9.37. The van der Waals surface area contributed by atoms with E-state index in [9.17, 15) is 0 Å². The number of allylic oxidation sites excluding steroid dienone is 1. The predicted molar refractivity (Wildman–Crippen MR) is 111 cm³/mol. The molecule has 132 valence electrons. The first kappa shape index (κ1) is 17.9. The van der Waals surface area contributed by atoms with Gasteiger partial charge in [0.05, 0.1) is 5.70 Å². The number of thiazole rings is 1. The van der Waals surface area contributed by atoms with E-state index in [0.717, 1.165) is 58.8 Å². The number of benzene rings is 1. The molecule has 0 saturated carbocycles. The Morgan fingerprint density at radius 2 is 2.19 bits per heavy atom. The van der Waals surface area contributed by atoms with Crippen LogP contribution in [-0.2, 0) is 0 Å². The maximum absolute atomic E-state index is 5.41. The molecule has 0 aliphatic carbocycles. The fourth-order valence-corrected chi connectivity index (χ4v) is 3.19. The molecule has 0 radical (unpaired) electrons. The largest absolute Gasteiger partial charge is 0.356 e. The lowest BCUT2D eigenvalue weighted by Crippen LogP contribution is -2.35. The molecular formula is C20H21N5S. The van der Waals surface area contributed by atoms with Crippen LogP contribution in [0.15, 0.2) is 45.7 Å². The van der Waals surface area contributed by atoms with Crippen molar-refractivity contribution >= 4 is 33.8 Å². The van der Waals surface area contributed by atoms with E-state index in [2.05, 4.69) is 26.5 Å². The summed E-state index contributed by atoms with van der Waals surface area (Å²) in [6.45, 7) is 5.73. The number of anilines is 1. The van der Waals surface area contributed by atoms with Gasteiger partial charge in [-0.25, -0.2) is 4.98 Å². The minimum absolute atomic E-state index is 0.785. The van der Waals surface area contributed by atoms with Gasteiger partial charge in [0.25, 0.3) is 0 Å². The van der Waals surface area contributed by atoms with Gasteiger partial charge in [0, 0.05) is 29.7 Å². The number of aliphatic imine (C=N–C) groups is 2. The van der Waals surface area contributed by atoms with E-state index < -0.39 is 0 Å². The summed E-state index contributed by atoms with van der Waals surface area (Å²) in [6.07, 6.45) is 8.44. The molecule has 1 aromatic heterocycles. The molecule has 3 rings (SSSR count). The van der Waals surface area contributed by atoms with Crippen LogP contribution in [0.25, 0.3) is 5.70 Å². The smallest absolute Gasteiger partial charge is 0.197 e. The molecule has 1 aliphatic rings. The van der Waals surface area contributed by atoms with Crippen LogP contribution in [0.5, 0.6) is 0 Å². The van der Waals surface area contributed by atoms with Gasteiger partial charge >= 0.3 is 0 Å². The van der Waals surface area contributed by atoms with Gasteiger partial charge in [-0.2, -0.15) is 0 Å². The quantitative estimate of drug-likeness (QED) is 0.642. The fraction of sp³-hybridized carbons (Fsp3) is 0.250. The highest BCUT2D eigenvalue weighted by atomic mass is 32.1. The molecule has 1 aliphatic heterocycles. The third kappa shape index (κ3) is 4.38. The fourth-order valence-electron chi connectivity index (χ4n) is 2.49. The lowest BCUT2D eigenvalue weighted by Gasteiger charge is -2.14. The molecule has 2 N–H and O–H groups in total. The summed E-state index contributed by atoms with van der Waals surface area (Å²) in [7, 11) is 0. The number of aromatic nitrogens is 1. The highest BCUT2D eigenvalue weighted by molar-refractivity contribution is 7.14. The molecular weight excluding hydrogens is 342 g/mol. The van der Waals surface area contributed by atoms with Crippen LogP contribution in [0, 0.1) is 12.3 Å². The molecule has 5 nitrogen and oxygen atoms in total. The van der Waals surface area contributed by atoms with Crippen molar-refractivity contribution in [2.45, 2.75) is 20.3 Å². The summed E-state index contributed by atoms with van der Waals surface area (Å²) in [4.78, 5) is 13.8. The third-order valence-electron chi connectivity index (χ3n) is 3.92. The van der Waals surface area contributed by atoms with Crippen molar-refractivity contribution in [2.75, 3.05) is 18.4 Å². The minimum atomic E-state index is 0.785. The number of terminal acetylenes is 1. The van der Waals surface area contributed by atoms with Gasteiger partial charge in [-0.05, 0) is 38.0 Å². The van der Waals surface area contributed by atoms with Crippen LogP contribution in [0.4, 0.5) is 5.13 Å². The summed E-state index contributed by atoms with van der Waals surface area (Å²) in [6, 6.07) is 7.82. The lowest BCUT2D eigenvalue weighted by molar-refractivity contribution is 0.740. The maximum atomic E-state index is 5.41. The third-order valence-corrected chi connectivity index (χ3v) is 4.68. The van der Waals surface area contributed by atoms with Gasteiger partial charge in [0.2, 0.25) is 0 Å². The average Bonchev–Trinajstić information content (AvgIpc) is 3.15. The van der Waals surface area contributed by atoms with Crippen molar-refractivity contribution in [1.29, 1.82) is 0 Å². The highest BCUT2D eigenvalue weighted by Gasteiger charge is 2.10. The zero-order valence-corrected chi connectivity index (χ0v) is 15.7. The Bertz CT molecular complexity index is 897. The number of nitrogens with zero attached hydrogens (tertiary/aromatic N) is 3. The highest BCUT2D eigenvalue weighted by Crippen LogP contribution is 2.23. The first-order valence-electron chi connectivity index (χ1n) is 8.49. The van der Waals surface area contributed by atoms with E-state index >= 15 is 0 Å². The molecule has 0 spiro atoms. The summed E-state index contributed by atoms with van der Waals surface area (Å²) in [5.74, 6) is 3.41. The molecule has 0 amide bonds. The first-order chi connectivity index (χ1) is 12.7. The Labute approximate surface area is 158 Å². The molecule has 26 heavy (non-hydrogen) atoms. The van der Waals surface area contributed by atoms with Gasteiger partial charge in [-0.15, -0.1) is 17.8 Å². The molecule has 0 fully saturated rings. The molecule has 0 saturated heterocycles. The monoisotopic (exact) mass is 363 g/mol. The Balaban J connectivity index is 1.76. The standard InChI is InChI=1S/C20H21N5S/c1-4-15-7-9-16(10-8-15)14(3)23-17(5-2)18-13-26-20(24-18)25-19-21-11-6-12-22-19/h1,5,7-10,13H,6,11-12H2,2-3H3,(H2,21,22,24,25)/b17-5-,23-14?. The number of hydrogen-bond acceptors (Lipinski definition) is 6.